The third kappa shape index (κ3) is 4.50. The first kappa shape index (κ1) is 32.0. The average Bonchev–Trinajstić information content (AvgIpc) is 3.18. The van der Waals surface area contributed by atoms with Crippen molar-refractivity contribution >= 4 is 20.0 Å². The van der Waals surface area contributed by atoms with Gasteiger partial charge in [-0.3, -0.25) is 4.79 Å². The second-order valence-corrected chi connectivity index (χ2v) is 22.5. The first-order chi connectivity index (χ1) is 20.1. The molecule has 0 saturated heterocycles. The first-order valence-corrected chi connectivity index (χ1v) is 20.6. The second kappa shape index (κ2) is 10.6. The van der Waals surface area contributed by atoms with Crippen LogP contribution in [-0.4, -0.2) is 52.0 Å². The van der Waals surface area contributed by atoms with Crippen LogP contribution in [0.4, 0.5) is 0 Å². The fraction of sp³-hybridized carbons (Fsp3) is 0.944. The van der Waals surface area contributed by atoms with Crippen LogP contribution in [0, 0.1) is 57.7 Å². The zero-order chi connectivity index (χ0) is 31.3. The van der Waals surface area contributed by atoms with E-state index in [1.165, 1.54) is 51.4 Å². The van der Waals surface area contributed by atoms with Crippen LogP contribution in [-0.2, 0) is 23.5 Å². The molecule has 6 rings (SSSR count). The number of carbonyl (C=O) groups excluding carboxylic acids is 1. The molecule has 1 aliphatic heterocycles. The van der Waals surface area contributed by atoms with Crippen LogP contribution in [0.15, 0.2) is 5.16 Å². The number of carbonyl (C=O) groups is 1. The maximum Gasteiger partial charge on any atom is 0.318 e. The molecule has 0 aromatic rings. The van der Waals surface area contributed by atoms with Gasteiger partial charge in [0.2, 0.25) is 0 Å². The molecule has 5 saturated carbocycles. The summed E-state index contributed by atoms with van der Waals surface area (Å²) in [5.74, 6) is 3.23. The molecule has 6 nitrogen and oxygen atoms in total. The number of nitrogens with zero attached hydrogens (tertiary/aromatic N) is 1. The van der Waals surface area contributed by atoms with Crippen LogP contribution in [0.2, 0.25) is 18.1 Å². The number of hydrogen-bond donors (Lipinski definition) is 0. The Labute approximate surface area is 262 Å². The lowest BCUT2D eigenvalue weighted by Gasteiger charge is -2.61. The summed E-state index contributed by atoms with van der Waals surface area (Å²) in [6, 6.07) is 0. The van der Waals surface area contributed by atoms with Gasteiger partial charge >= 0.3 is 5.97 Å². The molecule has 43 heavy (non-hydrogen) atoms. The van der Waals surface area contributed by atoms with Crippen molar-refractivity contribution in [2.24, 2.45) is 62.8 Å². The number of esters is 1. The summed E-state index contributed by atoms with van der Waals surface area (Å²) in [5, 5.41) is 4.43. The number of hydrogen-bond acceptors (Lipinski definition) is 6. The molecule has 244 valence electrons. The summed E-state index contributed by atoms with van der Waals surface area (Å²) < 4.78 is 19.3. The zero-order valence-corrected chi connectivity index (χ0v) is 30.1. The van der Waals surface area contributed by atoms with Crippen LogP contribution in [0.25, 0.3) is 0 Å². The molecule has 1 heterocycles. The summed E-state index contributed by atoms with van der Waals surface area (Å²) in [6.07, 6.45) is 10.4. The van der Waals surface area contributed by atoms with E-state index in [0.717, 1.165) is 23.7 Å². The standard InChI is InChI=1S/C36H61NO5Si/c1-12-40-32(38)29-22(3)37-41-31(29)30(42-43(10,11)33(4,5)6)21(2)25-13-14-26-24-19-28(39-9)36-20-23(36)15-18-35(36,8)27(24)16-17-34(25,26)7/h21,23-31H,12-20H2,1-11H3/t21-,23+,24-,25+,26-,27-,28+,29-,30+,31-,34+,35+,36-/m0/s1. The molecule has 0 unspecified atom stereocenters. The third-order valence-corrected chi connectivity index (χ3v) is 19.7. The summed E-state index contributed by atoms with van der Waals surface area (Å²) in [4.78, 5) is 19.5. The number of fused-ring (bicyclic) bond motifs is 4. The minimum absolute atomic E-state index is 0.0453. The second-order valence-electron chi connectivity index (χ2n) is 17.7. The van der Waals surface area contributed by atoms with Gasteiger partial charge < -0.3 is 18.7 Å². The van der Waals surface area contributed by atoms with Crippen LogP contribution >= 0.6 is 0 Å². The lowest BCUT2D eigenvalue weighted by atomic mass is 9.45. The summed E-state index contributed by atoms with van der Waals surface area (Å²) in [7, 11) is -0.202. The molecule has 0 N–H and O–H groups in total. The molecule has 0 bridgehead atoms. The van der Waals surface area contributed by atoms with E-state index in [2.05, 4.69) is 59.8 Å². The smallest absolute Gasteiger partial charge is 0.318 e. The van der Waals surface area contributed by atoms with E-state index in [-0.39, 0.29) is 28.4 Å². The Balaban J connectivity index is 1.30. The lowest BCUT2D eigenvalue weighted by Crippen LogP contribution is -2.58. The maximum absolute atomic E-state index is 13.3. The lowest BCUT2D eigenvalue weighted by molar-refractivity contribution is -0.165. The molecule has 0 amide bonds. The Bertz CT molecular complexity index is 1130. The van der Waals surface area contributed by atoms with Crippen LogP contribution in [0.5, 0.6) is 0 Å². The van der Waals surface area contributed by atoms with Gasteiger partial charge in [-0.2, -0.15) is 0 Å². The largest absolute Gasteiger partial charge is 0.465 e. The fourth-order valence-electron chi connectivity index (χ4n) is 12.0. The van der Waals surface area contributed by atoms with E-state index in [1.807, 2.05) is 21.0 Å². The minimum atomic E-state index is -2.19. The molecule has 13 atom stereocenters. The third-order valence-electron chi connectivity index (χ3n) is 15.3. The summed E-state index contributed by atoms with van der Waals surface area (Å²) >= 11 is 0. The Hall–Kier alpha value is -0.923. The highest BCUT2D eigenvalue weighted by molar-refractivity contribution is 6.74. The molecule has 1 spiro atoms. The fourth-order valence-corrected chi connectivity index (χ4v) is 13.4. The van der Waals surface area contributed by atoms with Crippen molar-refractivity contribution in [3.63, 3.8) is 0 Å². The van der Waals surface area contributed by atoms with Crippen LogP contribution in [0.1, 0.15) is 107 Å². The molecule has 5 aliphatic carbocycles. The number of rotatable bonds is 8. The van der Waals surface area contributed by atoms with Crippen LogP contribution < -0.4 is 0 Å². The Morgan fingerprint density at radius 1 is 1.12 bits per heavy atom. The number of ether oxygens (including phenoxy) is 2. The molecule has 0 aromatic heterocycles. The van der Waals surface area contributed by atoms with Gasteiger partial charge in [0.05, 0.1) is 24.5 Å². The molecule has 0 radical (unpaired) electrons. The Morgan fingerprint density at radius 3 is 2.47 bits per heavy atom. The Morgan fingerprint density at radius 2 is 1.84 bits per heavy atom. The molecule has 7 heteroatoms. The van der Waals surface area contributed by atoms with Crippen LogP contribution in [0.3, 0.4) is 0 Å². The van der Waals surface area contributed by atoms with E-state index in [4.69, 9.17) is 18.7 Å². The quantitative estimate of drug-likeness (QED) is 0.203. The average molecular weight is 616 g/mol. The van der Waals surface area contributed by atoms with Crippen molar-refractivity contribution in [2.45, 2.75) is 143 Å². The van der Waals surface area contributed by atoms with Gasteiger partial charge in [0, 0.05) is 12.5 Å². The van der Waals surface area contributed by atoms with E-state index in [9.17, 15) is 4.79 Å². The highest BCUT2D eigenvalue weighted by Crippen LogP contribution is 2.82. The zero-order valence-electron chi connectivity index (χ0n) is 29.1. The van der Waals surface area contributed by atoms with Gasteiger partial charge in [0.15, 0.2) is 14.4 Å². The van der Waals surface area contributed by atoms with Gasteiger partial charge in [0.25, 0.3) is 0 Å². The minimum Gasteiger partial charge on any atom is -0.465 e. The molecule has 0 aromatic carbocycles. The van der Waals surface area contributed by atoms with Gasteiger partial charge in [-0.25, -0.2) is 0 Å². The highest BCUT2D eigenvalue weighted by atomic mass is 28.4. The molecule has 5 fully saturated rings. The maximum atomic E-state index is 13.3. The molecular formula is C36H61NO5Si. The van der Waals surface area contributed by atoms with Crippen molar-refractivity contribution in [1.82, 2.24) is 0 Å². The predicted molar refractivity (Wildman–Crippen MR) is 173 cm³/mol. The van der Waals surface area contributed by atoms with E-state index in [1.54, 1.807) is 0 Å². The Kier molecular flexibility index (Phi) is 7.86. The molecule has 6 aliphatic rings. The topological polar surface area (TPSA) is 66.4 Å². The predicted octanol–water partition coefficient (Wildman–Crippen LogP) is 8.25. The first-order valence-electron chi connectivity index (χ1n) is 17.6. The van der Waals surface area contributed by atoms with Gasteiger partial charge in [-0.15, -0.1) is 0 Å². The summed E-state index contributed by atoms with van der Waals surface area (Å²) in [5.41, 5.74) is 1.87. The van der Waals surface area contributed by atoms with Crippen molar-refractivity contribution in [1.29, 1.82) is 0 Å². The summed E-state index contributed by atoms with van der Waals surface area (Å²) in [6.45, 7) is 23.4. The van der Waals surface area contributed by atoms with Crippen molar-refractivity contribution in [3.8, 4) is 0 Å². The van der Waals surface area contributed by atoms with E-state index >= 15 is 0 Å². The highest BCUT2D eigenvalue weighted by Gasteiger charge is 2.77. The SMILES string of the molecule is CCOC(=O)[C@H]1C(C)=NO[C@@H]1[C@H](O[Si](C)(C)C(C)(C)C)[C@@H](C)[C@H]1CC[C@H]2[C@@H]3C[C@@H](OC)[C@]45C[C@H]4CC[C@]5(C)[C@H]3CC[C@]12C. The van der Waals surface area contributed by atoms with Crippen molar-refractivity contribution in [3.05, 3.63) is 0 Å². The normalized spacial score (nSPS) is 46.5. The van der Waals surface area contributed by atoms with E-state index in [0.29, 0.717) is 35.2 Å². The van der Waals surface area contributed by atoms with Crippen molar-refractivity contribution in [2.75, 3.05) is 13.7 Å². The molecular weight excluding hydrogens is 554 g/mol. The monoisotopic (exact) mass is 615 g/mol. The van der Waals surface area contributed by atoms with Crippen molar-refractivity contribution < 1.29 is 23.5 Å². The number of methoxy groups -OCH3 is 1. The number of oxime groups is 1. The van der Waals surface area contributed by atoms with Gasteiger partial charge in [0.1, 0.15) is 5.92 Å². The van der Waals surface area contributed by atoms with E-state index < -0.39 is 20.3 Å². The van der Waals surface area contributed by atoms with Gasteiger partial charge in [-0.1, -0.05) is 46.7 Å². The van der Waals surface area contributed by atoms with Gasteiger partial charge in [-0.05, 0) is 130 Å².